The minimum atomic E-state index is 0.274. The topological polar surface area (TPSA) is 58.4 Å². The Morgan fingerprint density at radius 2 is 2.12 bits per heavy atom. The van der Waals surface area contributed by atoms with E-state index in [1.165, 1.54) is 0 Å². The van der Waals surface area contributed by atoms with Gasteiger partial charge in [-0.2, -0.15) is 0 Å². The maximum atomic E-state index is 4.26. The summed E-state index contributed by atoms with van der Waals surface area (Å²) < 4.78 is 1.96. The van der Waals surface area contributed by atoms with Gasteiger partial charge in [-0.05, 0) is 13.0 Å². The van der Waals surface area contributed by atoms with Crippen LogP contribution in [-0.2, 0) is 0 Å². The average molecular weight is 232 g/mol. The molecule has 2 aromatic rings. The summed E-state index contributed by atoms with van der Waals surface area (Å²) in [6, 6.07) is 2.18. The normalized spacial score (nSPS) is 19.6. The number of piperazine rings is 1. The van der Waals surface area contributed by atoms with E-state index in [-0.39, 0.29) is 6.04 Å². The van der Waals surface area contributed by atoms with Crippen LogP contribution in [-0.4, -0.2) is 50.7 Å². The number of hydrogen-bond donors (Lipinski definition) is 1. The van der Waals surface area contributed by atoms with Crippen molar-refractivity contribution >= 4 is 5.78 Å². The zero-order chi connectivity index (χ0) is 11.7. The van der Waals surface area contributed by atoms with Crippen LogP contribution in [0.25, 0.3) is 5.78 Å². The highest BCUT2D eigenvalue weighted by Crippen LogP contribution is 2.18. The number of hydrogen-bond acceptors (Lipinski definition) is 5. The molecule has 0 saturated carbocycles. The molecule has 0 amide bonds. The summed E-state index contributed by atoms with van der Waals surface area (Å²) in [7, 11) is 0. The summed E-state index contributed by atoms with van der Waals surface area (Å²) in [5.74, 6) is 1.64. The Kier molecular flexibility index (Phi) is 2.74. The molecule has 1 atom stereocenters. The van der Waals surface area contributed by atoms with Crippen molar-refractivity contribution in [3.05, 3.63) is 24.3 Å². The Morgan fingerprint density at radius 1 is 1.29 bits per heavy atom. The van der Waals surface area contributed by atoms with Crippen molar-refractivity contribution in [1.82, 2.24) is 29.8 Å². The van der Waals surface area contributed by atoms with E-state index in [2.05, 4.69) is 32.3 Å². The van der Waals surface area contributed by atoms with E-state index < -0.39 is 0 Å². The predicted molar refractivity (Wildman–Crippen MR) is 63.6 cm³/mol. The van der Waals surface area contributed by atoms with Gasteiger partial charge < -0.3 is 5.32 Å². The lowest BCUT2D eigenvalue weighted by atomic mass is 10.2. The SMILES string of the molecule is CC(c1nnc2ncccn12)N1CCNCC1. The summed E-state index contributed by atoms with van der Waals surface area (Å²) in [6.07, 6.45) is 3.71. The molecule has 0 radical (unpaired) electrons. The van der Waals surface area contributed by atoms with Crippen LogP contribution in [0.5, 0.6) is 0 Å². The first kappa shape index (κ1) is 10.6. The van der Waals surface area contributed by atoms with Crippen LogP contribution in [0.2, 0.25) is 0 Å². The van der Waals surface area contributed by atoms with Crippen molar-refractivity contribution in [2.24, 2.45) is 0 Å². The smallest absolute Gasteiger partial charge is 0.254 e. The molecular formula is C11H16N6. The standard InChI is InChI=1S/C11H16N6/c1-9(16-7-4-12-5-8-16)10-14-15-11-13-3-2-6-17(10)11/h2-3,6,9,12H,4-5,7-8H2,1H3. The second-order valence-electron chi connectivity index (χ2n) is 4.31. The maximum absolute atomic E-state index is 4.26. The lowest BCUT2D eigenvalue weighted by Gasteiger charge is -2.31. The second kappa shape index (κ2) is 4.38. The van der Waals surface area contributed by atoms with Gasteiger partial charge in [-0.1, -0.05) is 0 Å². The maximum Gasteiger partial charge on any atom is 0.254 e. The van der Waals surface area contributed by atoms with E-state index in [0.29, 0.717) is 5.78 Å². The summed E-state index contributed by atoms with van der Waals surface area (Å²) >= 11 is 0. The Morgan fingerprint density at radius 3 is 2.94 bits per heavy atom. The van der Waals surface area contributed by atoms with Crippen LogP contribution in [0.15, 0.2) is 18.5 Å². The molecule has 2 aromatic heterocycles. The van der Waals surface area contributed by atoms with Crippen LogP contribution >= 0.6 is 0 Å². The lowest BCUT2D eigenvalue weighted by molar-refractivity contribution is 0.178. The summed E-state index contributed by atoms with van der Waals surface area (Å²) in [4.78, 5) is 6.60. The fourth-order valence-electron chi connectivity index (χ4n) is 2.28. The van der Waals surface area contributed by atoms with E-state index in [0.717, 1.165) is 32.0 Å². The van der Waals surface area contributed by atoms with Crippen LogP contribution in [0.3, 0.4) is 0 Å². The van der Waals surface area contributed by atoms with Crippen LogP contribution < -0.4 is 5.32 Å². The Balaban J connectivity index is 1.92. The fraction of sp³-hybridized carbons (Fsp3) is 0.545. The first-order chi connectivity index (χ1) is 8.36. The first-order valence-corrected chi connectivity index (χ1v) is 5.96. The highest BCUT2D eigenvalue weighted by Gasteiger charge is 2.22. The molecule has 90 valence electrons. The number of rotatable bonds is 2. The molecule has 1 N–H and O–H groups in total. The molecule has 1 aliphatic rings. The monoisotopic (exact) mass is 232 g/mol. The molecule has 0 spiro atoms. The quantitative estimate of drug-likeness (QED) is 0.795. The van der Waals surface area contributed by atoms with Crippen molar-refractivity contribution in [2.75, 3.05) is 26.2 Å². The van der Waals surface area contributed by atoms with Gasteiger partial charge in [0.25, 0.3) is 5.78 Å². The number of nitrogens with one attached hydrogen (secondary N) is 1. The van der Waals surface area contributed by atoms with Crippen molar-refractivity contribution in [1.29, 1.82) is 0 Å². The molecular weight excluding hydrogens is 216 g/mol. The molecule has 17 heavy (non-hydrogen) atoms. The van der Waals surface area contributed by atoms with Crippen molar-refractivity contribution in [2.45, 2.75) is 13.0 Å². The molecule has 0 bridgehead atoms. The number of nitrogens with zero attached hydrogens (tertiary/aromatic N) is 5. The first-order valence-electron chi connectivity index (χ1n) is 5.96. The van der Waals surface area contributed by atoms with Crippen LogP contribution in [0.1, 0.15) is 18.8 Å². The van der Waals surface area contributed by atoms with Gasteiger partial charge in [-0.3, -0.25) is 9.30 Å². The van der Waals surface area contributed by atoms with Crippen LogP contribution in [0, 0.1) is 0 Å². The van der Waals surface area contributed by atoms with Crippen molar-refractivity contribution < 1.29 is 0 Å². The fourth-order valence-corrected chi connectivity index (χ4v) is 2.28. The van der Waals surface area contributed by atoms with E-state index in [1.807, 2.05) is 16.7 Å². The van der Waals surface area contributed by atoms with Crippen molar-refractivity contribution in [3.8, 4) is 0 Å². The largest absolute Gasteiger partial charge is 0.314 e. The van der Waals surface area contributed by atoms with Gasteiger partial charge in [0.15, 0.2) is 5.82 Å². The van der Waals surface area contributed by atoms with Crippen molar-refractivity contribution in [3.63, 3.8) is 0 Å². The van der Waals surface area contributed by atoms with Gasteiger partial charge in [0, 0.05) is 38.6 Å². The average Bonchev–Trinajstić information content (AvgIpc) is 2.83. The predicted octanol–water partition coefficient (Wildman–Crippen LogP) is 0.0905. The molecule has 0 aliphatic carbocycles. The number of aromatic nitrogens is 4. The summed E-state index contributed by atoms with van der Waals surface area (Å²) in [5.41, 5.74) is 0. The van der Waals surface area contributed by atoms with Gasteiger partial charge in [0.1, 0.15) is 0 Å². The number of fused-ring (bicyclic) bond motifs is 1. The van der Waals surface area contributed by atoms with Gasteiger partial charge >= 0.3 is 0 Å². The van der Waals surface area contributed by atoms with E-state index >= 15 is 0 Å². The highest BCUT2D eigenvalue weighted by molar-refractivity contribution is 5.27. The zero-order valence-corrected chi connectivity index (χ0v) is 9.87. The molecule has 1 saturated heterocycles. The highest BCUT2D eigenvalue weighted by atomic mass is 15.3. The van der Waals surface area contributed by atoms with E-state index in [9.17, 15) is 0 Å². The molecule has 6 nitrogen and oxygen atoms in total. The molecule has 1 aliphatic heterocycles. The summed E-state index contributed by atoms with van der Waals surface area (Å²) in [5, 5.41) is 11.7. The molecule has 1 fully saturated rings. The third-order valence-electron chi connectivity index (χ3n) is 3.29. The third-order valence-corrected chi connectivity index (χ3v) is 3.29. The van der Waals surface area contributed by atoms with Gasteiger partial charge in [0.2, 0.25) is 0 Å². The molecule has 3 rings (SSSR count). The van der Waals surface area contributed by atoms with E-state index in [4.69, 9.17) is 0 Å². The molecule has 1 unspecified atom stereocenters. The summed E-state index contributed by atoms with van der Waals surface area (Å²) in [6.45, 7) is 6.36. The third kappa shape index (κ3) is 1.89. The molecule has 3 heterocycles. The van der Waals surface area contributed by atoms with Gasteiger partial charge in [-0.15, -0.1) is 10.2 Å². The van der Waals surface area contributed by atoms with Crippen LogP contribution in [0.4, 0.5) is 0 Å². The Labute approximate surface area is 99.7 Å². The minimum Gasteiger partial charge on any atom is -0.314 e. The second-order valence-corrected chi connectivity index (χ2v) is 4.31. The van der Waals surface area contributed by atoms with Gasteiger partial charge in [0.05, 0.1) is 6.04 Å². The van der Waals surface area contributed by atoms with E-state index in [1.54, 1.807) is 6.20 Å². The molecule has 0 aromatic carbocycles. The Hall–Kier alpha value is -1.53. The molecule has 6 heteroatoms. The lowest BCUT2D eigenvalue weighted by Crippen LogP contribution is -2.44. The minimum absolute atomic E-state index is 0.274. The zero-order valence-electron chi connectivity index (χ0n) is 9.87. The Bertz CT molecular complexity index is 501. The van der Waals surface area contributed by atoms with Gasteiger partial charge in [-0.25, -0.2) is 4.98 Å².